The second kappa shape index (κ2) is 15.1. The fourth-order valence-corrected chi connectivity index (χ4v) is 4.74. The molecule has 3 amide bonds. The van der Waals surface area contributed by atoms with Gasteiger partial charge in [0.25, 0.3) is 5.91 Å². The molecule has 0 aliphatic rings. The standard InChI is InChI=1S/C31H44ClN3O5/c1-8-9-10-11-17-35(29(38)25(19-36)33-30(39)40-31(5,6)7)27(23-16-15-20(2)18-22(23)4)28(37)34-26-21(3)13-12-14-24(26)32/h12-16,18,25,27,36H,8-11,17,19H2,1-7H3,(H,33,39)(H,34,37). The highest BCUT2D eigenvalue weighted by Crippen LogP contribution is 2.31. The lowest BCUT2D eigenvalue weighted by Crippen LogP contribution is -2.54. The monoisotopic (exact) mass is 573 g/mol. The number of unbranched alkanes of at least 4 members (excludes halogenated alkanes) is 3. The van der Waals surface area contributed by atoms with Gasteiger partial charge >= 0.3 is 6.09 Å². The number of hydrogen-bond donors (Lipinski definition) is 3. The topological polar surface area (TPSA) is 108 Å². The number of amides is 3. The number of anilines is 1. The average Bonchev–Trinajstić information content (AvgIpc) is 2.86. The van der Waals surface area contributed by atoms with Crippen LogP contribution in [0.5, 0.6) is 0 Å². The molecule has 0 saturated carbocycles. The first-order valence-corrected chi connectivity index (χ1v) is 14.2. The number of carbonyl (C=O) groups is 3. The predicted molar refractivity (Wildman–Crippen MR) is 160 cm³/mol. The molecular formula is C31H44ClN3O5. The number of hydrogen-bond acceptors (Lipinski definition) is 5. The first-order chi connectivity index (χ1) is 18.8. The molecule has 2 aromatic rings. The van der Waals surface area contributed by atoms with Crippen molar-refractivity contribution in [1.82, 2.24) is 10.2 Å². The van der Waals surface area contributed by atoms with E-state index in [1.54, 1.807) is 32.9 Å². The summed E-state index contributed by atoms with van der Waals surface area (Å²) in [5.41, 5.74) is 2.95. The number of rotatable bonds is 12. The van der Waals surface area contributed by atoms with Crippen LogP contribution in [-0.4, -0.2) is 52.7 Å². The van der Waals surface area contributed by atoms with Gasteiger partial charge in [0, 0.05) is 6.54 Å². The molecule has 0 aromatic heterocycles. The molecule has 0 heterocycles. The van der Waals surface area contributed by atoms with Gasteiger partial charge < -0.3 is 25.4 Å². The number of para-hydroxylation sites is 1. The lowest BCUT2D eigenvalue weighted by Gasteiger charge is -2.35. The summed E-state index contributed by atoms with van der Waals surface area (Å²) in [7, 11) is 0. The van der Waals surface area contributed by atoms with Crippen molar-refractivity contribution in [3.8, 4) is 0 Å². The number of alkyl carbamates (subject to hydrolysis) is 1. The predicted octanol–water partition coefficient (Wildman–Crippen LogP) is 6.24. The van der Waals surface area contributed by atoms with Crippen molar-refractivity contribution >= 4 is 35.2 Å². The minimum Gasteiger partial charge on any atom is -0.444 e. The summed E-state index contributed by atoms with van der Waals surface area (Å²) in [6.07, 6.45) is 2.64. The van der Waals surface area contributed by atoms with Gasteiger partial charge in [0.1, 0.15) is 17.7 Å². The second-order valence-electron chi connectivity index (χ2n) is 11.2. The van der Waals surface area contributed by atoms with Gasteiger partial charge in [0.2, 0.25) is 5.91 Å². The highest BCUT2D eigenvalue weighted by molar-refractivity contribution is 6.34. The summed E-state index contributed by atoms with van der Waals surface area (Å²) in [5.74, 6) is -1.03. The third-order valence-corrected chi connectivity index (χ3v) is 6.77. The molecule has 2 rings (SSSR count). The van der Waals surface area contributed by atoms with Gasteiger partial charge in [-0.15, -0.1) is 0 Å². The van der Waals surface area contributed by atoms with Crippen molar-refractivity contribution in [3.63, 3.8) is 0 Å². The molecule has 0 radical (unpaired) electrons. The second-order valence-corrected chi connectivity index (χ2v) is 11.6. The van der Waals surface area contributed by atoms with Crippen molar-refractivity contribution in [2.75, 3.05) is 18.5 Å². The molecule has 0 saturated heterocycles. The molecule has 220 valence electrons. The molecule has 8 nitrogen and oxygen atoms in total. The van der Waals surface area contributed by atoms with Crippen molar-refractivity contribution in [1.29, 1.82) is 0 Å². The molecule has 2 unspecified atom stereocenters. The fourth-order valence-electron chi connectivity index (χ4n) is 4.48. The Kier molecular flexibility index (Phi) is 12.5. The van der Waals surface area contributed by atoms with Crippen LogP contribution in [0.2, 0.25) is 5.02 Å². The van der Waals surface area contributed by atoms with Gasteiger partial charge in [0.15, 0.2) is 0 Å². The Morgan fingerprint density at radius 3 is 2.30 bits per heavy atom. The Balaban J connectivity index is 2.57. The number of aliphatic hydroxyl groups excluding tert-OH is 1. The van der Waals surface area contributed by atoms with Gasteiger partial charge in [-0.2, -0.15) is 0 Å². The lowest BCUT2D eigenvalue weighted by molar-refractivity contribution is -0.141. The van der Waals surface area contributed by atoms with Crippen molar-refractivity contribution in [2.45, 2.75) is 91.8 Å². The molecule has 2 aromatic carbocycles. The number of carbonyl (C=O) groups excluding carboxylic acids is 3. The van der Waals surface area contributed by atoms with E-state index < -0.39 is 42.2 Å². The summed E-state index contributed by atoms with van der Waals surface area (Å²) < 4.78 is 5.32. The number of benzene rings is 2. The number of aryl methyl sites for hydroxylation is 3. The molecule has 0 fully saturated rings. The molecule has 40 heavy (non-hydrogen) atoms. The van der Waals surface area contributed by atoms with Crippen LogP contribution in [0.25, 0.3) is 0 Å². The molecule has 9 heteroatoms. The lowest BCUT2D eigenvalue weighted by atomic mass is 9.96. The van der Waals surface area contributed by atoms with E-state index >= 15 is 0 Å². The number of nitrogens with one attached hydrogen (secondary N) is 2. The third kappa shape index (κ3) is 9.52. The minimum atomic E-state index is -1.30. The Morgan fingerprint density at radius 2 is 1.73 bits per heavy atom. The first-order valence-electron chi connectivity index (χ1n) is 13.8. The summed E-state index contributed by atoms with van der Waals surface area (Å²) >= 11 is 6.43. The van der Waals surface area contributed by atoms with E-state index in [0.29, 0.717) is 22.7 Å². The van der Waals surface area contributed by atoms with Crippen molar-refractivity contribution in [2.24, 2.45) is 0 Å². The smallest absolute Gasteiger partial charge is 0.408 e. The zero-order valence-electron chi connectivity index (χ0n) is 24.8. The van der Waals surface area contributed by atoms with Crippen LogP contribution >= 0.6 is 11.6 Å². The first kappa shape index (κ1) is 33.1. The Labute approximate surface area is 243 Å². The Bertz CT molecular complexity index is 1160. The van der Waals surface area contributed by atoms with Gasteiger partial charge in [-0.05, 0) is 70.7 Å². The van der Waals surface area contributed by atoms with Crippen molar-refractivity contribution < 1.29 is 24.2 Å². The summed E-state index contributed by atoms with van der Waals surface area (Å²) in [5, 5.41) is 16.0. The van der Waals surface area contributed by atoms with Crippen LogP contribution in [0, 0.1) is 20.8 Å². The quantitative estimate of drug-likeness (QED) is 0.260. The maximum atomic E-state index is 14.1. The van der Waals surface area contributed by atoms with E-state index in [2.05, 4.69) is 17.6 Å². The molecule has 0 spiro atoms. The maximum Gasteiger partial charge on any atom is 0.408 e. The van der Waals surface area contributed by atoms with E-state index in [1.165, 1.54) is 4.90 Å². The van der Waals surface area contributed by atoms with Crippen LogP contribution < -0.4 is 10.6 Å². The summed E-state index contributed by atoms with van der Waals surface area (Å²) in [6, 6.07) is 8.68. The van der Waals surface area contributed by atoms with Gasteiger partial charge in [-0.3, -0.25) is 9.59 Å². The largest absolute Gasteiger partial charge is 0.444 e. The molecular weight excluding hydrogens is 530 g/mol. The zero-order valence-corrected chi connectivity index (χ0v) is 25.5. The average molecular weight is 574 g/mol. The number of ether oxygens (including phenoxy) is 1. The molecule has 3 N–H and O–H groups in total. The molecule has 2 atom stereocenters. The van der Waals surface area contributed by atoms with E-state index in [0.717, 1.165) is 36.0 Å². The molecule has 0 aliphatic heterocycles. The van der Waals surface area contributed by atoms with Gasteiger partial charge in [0.05, 0.1) is 17.3 Å². The minimum absolute atomic E-state index is 0.248. The van der Waals surface area contributed by atoms with E-state index in [4.69, 9.17) is 16.3 Å². The van der Waals surface area contributed by atoms with E-state index in [9.17, 15) is 19.5 Å². The number of nitrogens with zero attached hydrogens (tertiary/aromatic N) is 1. The van der Waals surface area contributed by atoms with Crippen LogP contribution in [0.3, 0.4) is 0 Å². The summed E-state index contributed by atoms with van der Waals surface area (Å²) in [4.78, 5) is 42.1. The SMILES string of the molecule is CCCCCCN(C(=O)C(CO)NC(=O)OC(C)(C)C)C(C(=O)Nc1c(C)cccc1Cl)c1ccc(C)cc1C. The summed E-state index contributed by atoms with van der Waals surface area (Å²) in [6.45, 7) is 12.5. The normalized spacial score (nSPS) is 12.8. The van der Waals surface area contributed by atoms with E-state index in [-0.39, 0.29) is 6.54 Å². The maximum absolute atomic E-state index is 14.1. The third-order valence-electron chi connectivity index (χ3n) is 6.46. The molecule has 0 aliphatic carbocycles. The van der Waals surface area contributed by atoms with Crippen LogP contribution in [0.1, 0.15) is 81.7 Å². The number of aliphatic hydroxyl groups is 1. The van der Waals surface area contributed by atoms with Crippen LogP contribution in [-0.2, 0) is 14.3 Å². The zero-order chi connectivity index (χ0) is 30.0. The number of halogens is 1. The fraction of sp³-hybridized carbons (Fsp3) is 0.516. The Morgan fingerprint density at radius 1 is 1.02 bits per heavy atom. The highest BCUT2D eigenvalue weighted by Gasteiger charge is 2.37. The Hall–Kier alpha value is -3.10. The van der Waals surface area contributed by atoms with Gasteiger partial charge in [-0.1, -0.05) is 73.7 Å². The van der Waals surface area contributed by atoms with Crippen molar-refractivity contribution in [3.05, 3.63) is 63.7 Å². The van der Waals surface area contributed by atoms with Crippen LogP contribution in [0.4, 0.5) is 10.5 Å². The van der Waals surface area contributed by atoms with Crippen LogP contribution in [0.15, 0.2) is 36.4 Å². The van der Waals surface area contributed by atoms with Gasteiger partial charge in [-0.25, -0.2) is 4.79 Å². The molecule has 0 bridgehead atoms. The van der Waals surface area contributed by atoms with E-state index in [1.807, 2.05) is 45.0 Å². The highest BCUT2D eigenvalue weighted by atomic mass is 35.5.